The summed E-state index contributed by atoms with van der Waals surface area (Å²) in [5, 5.41) is 38.9. The Morgan fingerprint density at radius 3 is 2.73 bits per heavy atom. The van der Waals surface area contributed by atoms with E-state index in [9.17, 15) is 20.1 Å². The highest BCUT2D eigenvalue weighted by atomic mass is 16.5. The zero-order valence-electron chi connectivity index (χ0n) is 29.2. The van der Waals surface area contributed by atoms with Gasteiger partial charge in [-0.2, -0.15) is 0 Å². The predicted molar refractivity (Wildman–Crippen MR) is 199 cm³/mol. The van der Waals surface area contributed by atoms with Gasteiger partial charge in [0, 0.05) is 42.6 Å². The molecule has 0 unspecified atom stereocenters. The first-order chi connectivity index (χ1) is 24.8. The number of phenolic OH excluding ortho intramolecular Hbond substituents is 2. The minimum Gasteiger partial charge on any atom is -0.875 e. The molecule has 0 saturated carbocycles. The molecule has 2 atom stereocenters. The van der Waals surface area contributed by atoms with E-state index in [1.54, 1.807) is 36.6 Å². The Hall–Kier alpha value is -5.10. The normalized spacial score (nSPS) is 18.0. The highest BCUT2D eigenvalue weighted by Crippen LogP contribution is 2.40. The van der Waals surface area contributed by atoms with Crippen molar-refractivity contribution in [3.8, 4) is 29.1 Å². The number of unbranched alkanes of at least 4 members (excludes halogenated alkanes) is 3. The topological polar surface area (TPSA) is 140 Å². The molecule has 0 radical (unpaired) electrons. The second-order valence-corrected chi connectivity index (χ2v) is 13.4. The number of rotatable bonds is 13. The number of nitrogens with one attached hydrogen (secondary N) is 1. The van der Waals surface area contributed by atoms with Gasteiger partial charge in [-0.05, 0) is 102 Å². The smallest absolute Gasteiger partial charge is 0.161 e. The van der Waals surface area contributed by atoms with Crippen LogP contribution in [-0.4, -0.2) is 34.9 Å². The maximum Gasteiger partial charge on any atom is 0.161 e. The molecule has 0 aromatic heterocycles. The maximum absolute atomic E-state index is 13.8. The first-order valence-electron chi connectivity index (χ1n) is 18.0. The molecule has 0 spiro atoms. The lowest BCUT2D eigenvalue weighted by Crippen LogP contribution is -2.35. The van der Waals surface area contributed by atoms with E-state index in [1.165, 1.54) is 6.42 Å². The molecule has 0 saturated heterocycles. The van der Waals surface area contributed by atoms with Gasteiger partial charge < -0.3 is 25.8 Å². The van der Waals surface area contributed by atoms with E-state index in [0.717, 1.165) is 65.6 Å². The molecule has 6 rings (SSSR count). The lowest BCUT2D eigenvalue weighted by molar-refractivity contribution is -0.307. The summed E-state index contributed by atoms with van der Waals surface area (Å²) in [7, 11) is 0. The Kier molecular flexibility index (Phi) is 11.7. The van der Waals surface area contributed by atoms with Crippen LogP contribution in [0.4, 0.5) is 0 Å². The molecule has 51 heavy (non-hydrogen) atoms. The summed E-state index contributed by atoms with van der Waals surface area (Å²) in [6, 6.07) is 14.8. The van der Waals surface area contributed by atoms with Gasteiger partial charge in [0.2, 0.25) is 0 Å². The van der Waals surface area contributed by atoms with E-state index in [0.29, 0.717) is 48.3 Å². The number of fused-ring (bicyclic) bond motifs is 3. The Morgan fingerprint density at radius 1 is 1.06 bits per heavy atom. The summed E-state index contributed by atoms with van der Waals surface area (Å²) in [4.78, 5) is 16.8. The first kappa shape index (κ1) is 35.7. The fourth-order valence-electron chi connectivity index (χ4n) is 6.95. The van der Waals surface area contributed by atoms with Crippen molar-refractivity contribution in [2.45, 2.75) is 83.2 Å². The molecule has 8 heteroatoms. The fourth-order valence-corrected chi connectivity index (χ4v) is 6.95. The van der Waals surface area contributed by atoms with Crippen molar-refractivity contribution in [3.05, 3.63) is 123 Å². The van der Waals surface area contributed by atoms with Crippen molar-refractivity contribution < 1.29 is 24.9 Å². The Balaban J connectivity index is 1.21. The van der Waals surface area contributed by atoms with E-state index in [2.05, 4.69) is 35.1 Å². The van der Waals surface area contributed by atoms with E-state index >= 15 is 0 Å². The number of benzene rings is 3. The highest BCUT2D eigenvalue weighted by molar-refractivity contribution is 6.06. The van der Waals surface area contributed by atoms with E-state index in [1.807, 2.05) is 30.3 Å². The van der Waals surface area contributed by atoms with Crippen molar-refractivity contribution >= 4 is 11.5 Å². The number of ketones is 1. The second-order valence-electron chi connectivity index (χ2n) is 13.4. The van der Waals surface area contributed by atoms with Gasteiger partial charge in [0.05, 0.1) is 24.9 Å². The van der Waals surface area contributed by atoms with E-state index < -0.39 is 5.92 Å². The van der Waals surface area contributed by atoms with Crippen LogP contribution in [0.1, 0.15) is 103 Å². The zero-order valence-corrected chi connectivity index (χ0v) is 29.2. The lowest BCUT2D eigenvalue weighted by atomic mass is 9.80. The van der Waals surface area contributed by atoms with Crippen LogP contribution >= 0.6 is 0 Å². The molecule has 8 nitrogen and oxygen atoms in total. The SMILES string of the molecule is CCCCC/C=C/C(=O)CCc1ccc(O)c(OCCc2ccc(O)c([C@@H]3CC([O-])=C4C=CN=C4CC#Cc4cc5c(cc43)CCN[C@H]5N)c2)c1. The molecule has 5 N–H and O–H groups in total. The lowest BCUT2D eigenvalue weighted by Gasteiger charge is -2.30. The van der Waals surface area contributed by atoms with Gasteiger partial charge in [-0.15, -0.1) is 5.76 Å². The number of carbonyl (C=O) groups excluding carboxylic acids is 1. The van der Waals surface area contributed by atoms with Crippen LogP contribution in [0, 0.1) is 11.8 Å². The largest absolute Gasteiger partial charge is 0.875 e. The van der Waals surface area contributed by atoms with Gasteiger partial charge in [0.15, 0.2) is 17.3 Å². The van der Waals surface area contributed by atoms with Crippen LogP contribution < -0.4 is 20.9 Å². The Bertz CT molecular complexity index is 1960. The number of nitrogens with two attached hydrogens (primary N) is 1. The number of aliphatic imine (C=N–C) groups is 1. The number of aryl methyl sites for hydroxylation is 1. The summed E-state index contributed by atoms with van der Waals surface area (Å²) >= 11 is 0. The van der Waals surface area contributed by atoms with Crippen LogP contribution in [0.3, 0.4) is 0 Å². The third-order valence-corrected chi connectivity index (χ3v) is 9.81. The van der Waals surface area contributed by atoms with Crippen LogP contribution in [0.25, 0.3) is 0 Å². The number of nitrogens with zero attached hydrogens (tertiary/aromatic N) is 1. The maximum atomic E-state index is 13.8. The van der Waals surface area contributed by atoms with Gasteiger partial charge in [-0.1, -0.05) is 61.9 Å². The minimum atomic E-state index is -0.463. The van der Waals surface area contributed by atoms with Crippen LogP contribution in [0.15, 0.2) is 89.3 Å². The van der Waals surface area contributed by atoms with Crippen LogP contribution in [0.2, 0.25) is 0 Å². The Morgan fingerprint density at radius 2 is 1.88 bits per heavy atom. The highest BCUT2D eigenvalue weighted by Gasteiger charge is 2.26. The molecule has 3 aliphatic rings. The molecule has 0 amide bonds. The average Bonchev–Trinajstić information content (AvgIpc) is 3.60. The van der Waals surface area contributed by atoms with E-state index in [4.69, 9.17) is 10.5 Å². The van der Waals surface area contributed by atoms with Gasteiger partial charge in [-0.3, -0.25) is 15.1 Å². The van der Waals surface area contributed by atoms with Crippen LogP contribution in [-0.2, 0) is 24.1 Å². The van der Waals surface area contributed by atoms with Gasteiger partial charge in [0.1, 0.15) is 5.75 Å². The fraction of sp³-hybridized carbons (Fsp3) is 0.349. The van der Waals surface area contributed by atoms with Crippen molar-refractivity contribution in [3.63, 3.8) is 0 Å². The number of hydrogen-bond acceptors (Lipinski definition) is 8. The molecule has 2 aliphatic heterocycles. The molecule has 0 fully saturated rings. The molecular weight excluding hydrogens is 638 g/mol. The van der Waals surface area contributed by atoms with E-state index in [-0.39, 0.29) is 42.2 Å². The number of hydrogen-bond donors (Lipinski definition) is 4. The monoisotopic (exact) mass is 684 g/mol. The third-order valence-electron chi connectivity index (χ3n) is 9.81. The molecular formula is C43H46N3O5-. The van der Waals surface area contributed by atoms with Crippen LogP contribution in [0.5, 0.6) is 17.2 Å². The average molecular weight is 685 g/mol. The van der Waals surface area contributed by atoms with Gasteiger partial charge in [-0.25, -0.2) is 0 Å². The first-order valence-corrected chi connectivity index (χ1v) is 18.0. The minimum absolute atomic E-state index is 0.0321. The van der Waals surface area contributed by atoms with Crippen molar-refractivity contribution in [1.29, 1.82) is 0 Å². The van der Waals surface area contributed by atoms with Gasteiger partial charge >= 0.3 is 0 Å². The van der Waals surface area contributed by atoms with Crippen molar-refractivity contribution in [2.24, 2.45) is 10.7 Å². The second kappa shape index (κ2) is 16.7. The summed E-state index contributed by atoms with van der Waals surface area (Å²) in [6.07, 6.45) is 13.8. The number of aromatic hydroxyl groups is 2. The quantitative estimate of drug-likeness (QED) is 0.0939. The summed E-state index contributed by atoms with van der Waals surface area (Å²) in [6.45, 7) is 3.18. The molecule has 264 valence electrons. The standard InChI is InChI=1S/C43H47N3O5/c1-2-3-4-5-6-9-32(47)14-11-28-13-16-40(49)42(24-28)51-22-19-29-12-15-39(48)37(23-29)36-27-41(50)33-18-21-45-38(33)10-7-8-30-26-35-31(25-34(30)36)17-20-46-43(35)44/h6,9,12-13,15-16,18,21,23-26,36,43,46,48-50H,2-5,10-11,14,17,19-20,22,27,44H2,1H3/p-1/b9-6+,41-33?/t36-,43-/m1/s1. The van der Waals surface area contributed by atoms with Crippen molar-refractivity contribution in [1.82, 2.24) is 5.32 Å². The molecule has 3 aromatic rings. The third kappa shape index (κ3) is 8.80. The molecule has 3 aromatic carbocycles. The number of carbonyl (C=O) groups is 1. The molecule has 0 bridgehead atoms. The predicted octanol–water partition coefficient (Wildman–Crippen LogP) is 6.32. The zero-order chi connectivity index (χ0) is 35.7. The summed E-state index contributed by atoms with van der Waals surface area (Å²) in [5.74, 6) is 6.63. The van der Waals surface area contributed by atoms with Crippen molar-refractivity contribution in [2.75, 3.05) is 13.2 Å². The summed E-state index contributed by atoms with van der Waals surface area (Å²) in [5.41, 5.74) is 13.9. The summed E-state index contributed by atoms with van der Waals surface area (Å²) < 4.78 is 6.04. The molecule has 2 heterocycles. The molecule has 1 aliphatic carbocycles. The van der Waals surface area contributed by atoms with Gasteiger partial charge in [0.25, 0.3) is 0 Å². The number of phenols is 2. The Labute approximate surface area is 300 Å². The number of allylic oxidation sites excluding steroid dienone is 5. The number of ether oxygens (including phenoxy) is 1.